The molecule has 0 radical (unpaired) electrons. The number of rotatable bonds is 29. The maximum absolute atomic E-state index is 14.5. The van der Waals surface area contributed by atoms with Crippen LogP contribution >= 0.6 is 12.6 Å². The van der Waals surface area contributed by atoms with Gasteiger partial charge in [0, 0.05) is 44.3 Å². The van der Waals surface area contributed by atoms with Gasteiger partial charge in [-0.2, -0.15) is 12.6 Å². The van der Waals surface area contributed by atoms with Crippen molar-refractivity contribution in [1.82, 2.24) is 53.2 Å². The second kappa shape index (κ2) is 37.3. The van der Waals surface area contributed by atoms with Crippen LogP contribution in [0.3, 0.4) is 0 Å². The van der Waals surface area contributed by atoms with Crippen LogP contribution in [0, 0.1) is 5.92 Å². The van der Waals surface area contributed by atoms with Gasteiger partial charge in [-0.1, -0.05) is 32.4 Å². The Kier molecular flexibility index (Phi) is 32.4. The number of carboxylic acids is 1. The average molecular weight is 1150 g/mol. The molecule has 1 aliphatic rings. The van der Waals surface area contributed by atoms with Gasteiger partial charge in [-0.15, -0.1) is 0 Å². The highest BCUT2D eigenvalue weighted by molar-refractivity contribution is 7.80. The second-order valence-corrected chi connectivity index (χ2v) is 20.5. The van der Waals surface area contributed by atoms with Crippen LogP contribution in [0.2, 0.25) is 0 Å². The van der Waals surface area contributed by atoms with E-state index in [4.69, 9.17) is 22.9 Å². The summed E-state index contributed by atoms with van der Waals surface area (Å²) in [6.45, 7) is 4.77. The first-order chi connectivity index (χ1) is 37.9. The SMILES string of the molecule is CC(C)[C@H](NC(=O)[C@@H]1CCC(=O)NCCC(=O)NCCCC[C@H](NC(=O)[C@H](CCCCN)NCC(Cc2ccc(O)cc2)NC(=O)[C@H](CC(N)=O)NC(=O)C(CCCCN)NC(=O)[C@@H](N)CS)C(=O)N[C@@H](C(C)O)C(=O)N1)C(=O)O. The first-order valence-electron chi connectivity index (χ1n) is 27.0. The van der Waals surface area contributed by atoms with E-state index in [1.165, 1.54) is 19.1 Å². The number of phenols is 1. The molecule has 0 aromatic heterocycles. The fourth-order valence-corrected chi connectivity index (χ4v) is 8.43. The highest BCUT2D eigenvalue weighted by atomic mass is 32.1. The number of aliphatic carboxylic acids is 1. The van der Waals surface area contributed by atoms with E-state index >= 15 is 0 Å². The Labute approximate surface area is 471 Å². The Hall–Kier alpha value is -6.66. The molecule has 0 aliphatic carbocycles. The van der Waals surface area contributed by atoms with E-state index in [0.29, 0.717) is 44.2 Å². The Bertz CT molecular complexity index is 2210. The molecule has 1 aromatic carbocycles. The lowest BCUT2D eigenvalue weighted by Crippen LogP contribution is -2.61. The van der Waals surface area contributed by atoms with Gasteiger partial charge in [0.1, 0.15) is 42.0 Å². The molecule has 1 fully saturated rings. The first-order valence-corrected chi connectivity index (χ1v) is 27.7. The third kappa shape index (κ3) is 26.5. The molecule has 3 unspecified atom stereocenters. The molecule has 0 spiro atoms. The molecule has 1 heterocycles. The third-order valence-electron chi connectivity index (χ3n) is 12.9. The van der Waals surface area contributed by atoms with E-state index in [0.717, 1.165) is 0 Å². The van der Waals surface area contributed by atoms with Crippen molar-refractivity contribution in [3.8, 4) is 5.75 Å². The minimum Gasteiger partial charge on any atom is -0.508 e. The number of amides is 10. The van der Waals surface area contributed by atoms with Crippen molar-refractivity contribution in [2.75, 3.05) is 38.5 Å². The molecule has 21 N–H and O–H groups in total. The number of aliphatic hydroxyl groups excluding tert-OH is 1. The van der Waals surface area contributed by atoms with Gasteiger partial charge in [-0.05, 0) is 108 Å². The number of benzene rings is 1. The lowest BCUT2D eigenvalue weighted by molar-refractivity contribution is -0.144. The van der Waals surface area contributed by atoms with Crippen LogP contribution in [0.1, 0.15) is 110 Å². The summed E-state index contributed by atoms with van der Waals surface area (Å²) in [4.78, 5) is 147. The standard InChI is InChI=1S/C51H86N14O14S/c1-28(2)42(51(78)79)64-48(75)37-17-18-40(69)57-23-19-41(70)56-22-9-6-12-36(47(74)65-43(29(3)66)50(77)62-37)61-45(72)34(10-4-7-20-52)58-26-31(24-30-13-15-32(67)16-14-30)59-49(76)38(25-39(55)68)63-46(73)35(11-5-8-21-53)60-44(71)33(54)27-80/h13-16,28-29,31,33-38,42-43,58,66-67,80H,4-12,17-27,52-54H2,1-3H3,(H2,55,68)(H,56,70)(H,57,69)(H,59,76)(H,60,71)(H,61,72)(H,62,77)(H,63,73)(H,64,75)(H,65,74)(H,78,79)/t29?,31?,33-,34-,35?,36-,37-,38-,42-,43-/m0/s1. The zero-order chi connectivity index (χ0) is 59.9. The summed E-state index contributed by atoms with van der Waals surface area (Å²) >= 11 is 4.05. The zero-order valence-corrected chi connectivity index (χ0v) is 46.8. The van der Waals surface area contributed by atoms with Gasteiger partial charge in [0.15, 0.2) is 0 Å². The lowest BCUT2D eigenvalue weighted by atomic mass is 10.0. The Morgan fingerprint density at radius 1 is 0.725 bits per heavy atom. The molecule has 1 aliphatic heterocycles. The van der Waals surface area contributed by atoms with E-state index in [9.17, 15) is 68.1 Å². The number of thiol groups is 1. The first kappa shape index (κ1) is 69.4. The van der Waals surface area contributed by atoms with Crippen LogP contribution in [0.15, 0.2) is 24.3 Å². The number of unbranched alkanes of at least 4 members (excludes halogenated alkanes) is 2. The van der Waals surface area contributed by atoms with E-state index < -0.39 is 138 Å². The van der Waals surface area contributed by atoms with Gasteiger partial charge >= 0.3 is 5.97 Å². The molecule has 28 nitrogen and oxygen atoms in total. The Morgan fingerprint density at radius 2 is 1.32 bits per heavy atom. The van der Waals surface area contributed by atoms with Crippen molar-refractivity contribution < 1.29 is 68.1 Å². The summed E-state index contributed by atoms with van der Waals surface area (Å²) in [5, 5.41) is 57.0. The van der Waals surface area contributed by atoms with Crippen molar-refractivity contribution >= 4 is 77.7 Å². The van der Waals surface area contributed by atoms with Crippen LogP contribution in [0.4, 0.5) is 0 Å². The number of primary amides is 1. The molecular weight excluding hydrogens is 1060 g/mol. The summed E-state index contributed by atoms with van der Waals surface area (Å²) in [5.41, 5.74) is 23.5. The number of phenolic OH excluding ortho intramolecular Hbond substituents is 1. The van der Waals surface area contributed by atoms with E-state index in [1.807, 2.05) is 0 Å². The van der Waals surface area contributed by atoms with Crippen LogP contribution in [0.5, 0.6) is 5.75 Å². The number of nitrogens with one attached hydrogen (secondary N) is 10. The van der Waals surface area contributed by atoms with Gasteiger partial charge in [-0.25, -0.2) is 4.79 Å². The van der Waals surface area contributed by atoms with E-state index in [1.54, 1.807) is 26.0 Å². The summed E-state index contributed by atoms with van der Waals surface area (Å²) in [6.07, 6.45) is -0.529. The third-order valence-corrected chi connectivity index (χ3v) is 13.3. The normalized spacial score (nSPS) is 19.6. The van der Waals surface area contributed by atoms with E-state index in [2.05, 4.69) is 65.8 Å². The zero-order valence-electron chi connectivity index (χ0n) is 45.9. The number of hydrogen-bond acceptors (Lipinski definition) is 18. The second-order valence-electron chi connectivity index (χ2n) is 20.1. The molecule has 450 valence electrons. The molecule has 10 atom stereocenters. The van der Waals surface area contributed by atoms with Crippen LogP contribution in [0.25, 0.3) is 0 Å². The summed E-state index contributed by atoms with van der Waals surface area (Å²) in [7, 11) is 0. The van der Waals surface area contributed by atoms with Crippen LogP contribution < -0.4 is 76.1 Å². The highest BCUT2D eigenvalue weighted by Crippen LogP contribution is 2.14. The maximum Gasteiger partial charge on any atom is 0.326 e. The van der Waals surface area contributed by atoms with E-state index in [-0.39, 0.29) is 89.0 Å². The van der Waals surface area contributed by atoms with Crippen molar-refractivity contribution in [3.05, 3.63) is 29.8 Å². The van der Waals surface area contributed by atoms with Crippen LogP contribution in [-0.2, 0) is 59.2 Å². The molecule has 29 heteroatoms. The number of aromatic hydroxyl groups is 1. The number of carboxylic acid groups (broad SMARTS) is 1. The Balaban J connectivity index is 2.54. The summed E-state index contributed by atoms with van der Waals surface area (Å²) in [5.74, 6) is -10.0. The lowest BCUT2D eigenvalue weighted by Gasteiger charge is -2.29. The largest absolute Gasteiger partial charge is 0.508 e. The Morgan fingerprint density at radius 3 is 1.91 bits per heavy atom. The molecule has 2 rings (SSSR count). The predicted octanol–water partition coefficient (Wildman–Crippen LogP) is -4.62. The van der Waals surface area contributed by atoms with Gasteiger partial charge in [-0.3, -0.25) is 47.9 Å². The van der Waals surface area contributed by atoms with Gasteiger partial charge < -0.3 is 91.4 Å². The monoisotopic (exact) mass is 1150 g/mol. The molecule has 80 heavy (non-hydrogen) atoms. The van der Waals surface area contributed by atoms with Crippen molar-refractivity contribution in [3.63, 3.8) is 0 Å². The minimum absolute atomic E-state index is 0.0294. The number of carbonyl (C=O) groups is 11. The van der Waals surface area contributed by atoms with Crippen LogP contribution in [-0.4, -0.2) is 179 Å². The number of hydrogen-bond donors (Lipinski definition) is 18. The number of aliphatic hydroxyl groups is 1. The maximum atomic E-state index is 14.5. The smallest absolute Gasteiger partial charge is 0.326 e. The van der Waals surface area contributed by atoms with Crippen molar-refractivity contribution in [2.24, 2.45) is 28.9 Å². The predicted molar refractivity (Wildman–Crippen MR) is 296 cm³/mol. The minimum atomic E-state index is -1.75. The van der Waals surface area contributed by atoms with Gasteiger partial charge in [0.2, 0.25) is 59.1 Å². The summed E-state index contributed by atoms with van der Waals surface area (Å²) < 4.78 is 0. The molecule has 10 amide bonds. The van der Waals surface area contributed by atoms with Gasteiger partial charge in [0.25, 0.3) is 0 Å². The molecular formula is C51H86N14O14S. The molecule has 0 bridgehead atoms. The quantitative estimate of drug-likeness (QED) is 0.0265. The molecule has 1 aromatic rings. The highest BCUT2D eigenvalue weighted by Gasteiger charge is 2.36. The molecule has 0 saturated carbocycles. The topological polar surface area (TPSA) is 473 Å². The number of carbonyl (C=O) groups excluding carboxylic acids is 10. The average Bonchev–Trinajstić information content (AvgIpc) is 3.40. The molecule has 1 saturated heterocycles. The fraction of sp³-hybridized carbons (Fsp3) is 0.667. The number of nitrogens with two attached hydrogens (primary N) is 4. The van der Waals surface area contributed by atoms with Gasteiger partial charge in [0.05, 0.1) is 24.6 Å². The fourth-order valence-electron chi connectivity index (χ4n) is 8.27. The van der Waals surface area contributed by atoms with Crippen molar-refractivity contribution in [2.45, 2.75) is 171 Å². The van der Waals surface area contributed by atoms with Crippen molar-refractivity contribution in [1.29, 1.82) is 0 Å². The summed E-state index contributed by atoms with van der Waals surface area (Å²) in [6, 6.07) is -5.88.